The molecule has 6 nitrogen and oxygen atoms in total. The lowest BCUT2D eigenvalue weighted by Gasteiger charge is -2.01. The van der Waals surface area contributed by atoms with Gasteiger partial charge in [-0.2, -0.15) is 5.10 Å². The first kappa shape index (κ1) is 15.1. The Balaban J connectivity index is 1.73. The third-order valence-electron chi connectivity index (χ3n) is 4.14. The van der Waals surface area contributed by atoms with Crippen molar-refractivity contribution in [3.8, 4) is 17.1 Å². The monoisotopic (exact) mass is 332 g/mol. The Morgan fingerprint density at radius 2 is 1.92 bits per heavy atom. The first-order valence-corrected chi connectivity index (χ1v) is 7.84. The van der Waals surface area contributed by atoms with E-state index in [9.17, 15) is 4.79 Å². The summed E-state index contributed by atoms with van der Waals surface area (Å²) in [7, 11) is 1.36. The molecule has 0 saturated heterocycles. The molecule has 25 heavy (non-hydrogen) atoms. The number of H-pyrrole nitrogens is 1. The number of ether oxygens (including phenoxy) is 1. The zero-order valence-corrected chi connectivity index (χ0v) is 13.9. The molecule has 6 heteroatoms. The first-order valence-electron chi connectivity index (χ1n) is 7.84. The predicted molar refractivity (Wildman–Crippen MR) is 94.7 cm³/mol. The molecule has 0 aliphatic carbocycles. The SMILES string of the molecule is COC(=O)c1ccc2c(c1)ncn2-c1cc(-c2ccc(C)cc2)[nH]n1. The summed E-state index contributed by atoms with van der Waals surface area (Å²) in [5, 5.41) is 7.45. The van der Waals surface area contributed by atoms with Gasteiger partial charge in [-0.25, -0.2) is 9.78 Å². The highest BCUT2D eigenvalue weighted by molar-refractivity contribution is 5.93. The van der Waals surface area contributed by atoms with Gasteiger partial charge in [0.25, 0.3) is 0 Å². The average molecular weight is 332 g/mol. The number of rotatable bonds is 3. The van der Waals surface area contributed by atoms with Gasteiger partial charge in [0, 0.05) is 6.07 Å². The van der Waals surface area contributed by atoms with Crippen molar-refractivity contribution in [1.29, 1.82) is 0 Å². The lowest BCUT2D eigenvalue weighted by molar-refractivity contribution is 0.0601. The summed E-state index contributed by atoms with van der Waals surface area (Å²) in [5.74, 6) is 0.363. The van der Waals surface area contributed by atoms with E-state index in [0.29, 0.717) is 11.1 Å². The Kier molecular flexibility index (Phi) is 3.57. The van der Waals surface area contributed by atoms with E-state index in [4.69, 9.17) is 4.74 Å². The highest BCUT2D eigenvalue weighted by atomic mass is 16.5. The van der Waals surface area contributed by atoms with Crippen LogP contribution in [0.3, 0.4) is 0 Å². The molecule has 4 rings (SSSR count). The van der Waals surface area contributed by atoms with Crippen LogP contribution in [0, 0.1) is 6.92 Å². The molecule has 2 aromatic carbocycles. The Morgan fingerprint density at radius 1 is 1.12 bits per heavy atom. The molecule has 0 bridgehead atoms. The number of fused-ring (bicyclic) bond motifs is 1. The van der Waals surface area contributed by atoms with Crippen LogP contribution in [0.5, 0.6) is 0 Å². The van der Waals surface area contributed by atoms with Crippen LogP contribution < -0.4 is 0 Å². The van der Waals surface area contributed by atoms with Crippen LogP contribution in [0.4, 0.5) is 0 Å². The van der Waals surface area contributed by atoms with Gasteiger partial charge in [0.1, 0.15) is 6.33 Å². The fraction of sp³-hybridized carbons (Fsp3) is 0.105. The number of nitrogens with one attached hydrogen (secondary N) is 1. The molecule has 0 radical (unpaired) electrons. The molecule has 0 unspecified atom stereocenters. The summed E-state index contributed by atoms with van der Waals surface area (Å²) in [6.07, 6.45) is 1.70. The van der Waals surface area contributed by atoms with Crippen LogP contribution in [0.25, 0.3) is 28.1 Å². The van der Waals surface area contributed by atoms with Crippen molar-refractivity contribution in [1.82, 2.24) is 19.7 Å². The van der Waals surface area contributed by atoms with Crippen molar-refractivity contribution in [3.63, 3.8) is 0 Å². The van der Waals surface area contributed by atoms with Crippen molar-refractivity contribution in [3.05, 3.63) is 66.0 Å². The normalized spacial score (nSPS) is 11.0. The van der Waals surface area contributed by atoms with E-state index in [0.717, 1.165) is 22.6 Å². The van der Waals surface area contributed by atoms with E-state index in [1.165, 1.54) is 12.7 Å². The van der Waals surface area contributed by atoms with Gasteiger partial charge in [0.2, 0.25) is 0 Å². The minimum absolute atomic E-state index is 0.377. The molecular weight excluding hydrogens is 316 g/mol. The second-order valence-electron chi connectivity index (χ2n) is 5.82. The molecule has 0 atom stereocenters. The third kappa shape index (κ3) is 2.67. The quantitative estimate of drug-likeness (QED) is 0.583. The van der Waals surface area contributed by atoms with Gasteiger partial charge in [-0.1, -0.05) is 29.8 Å². The maximum Gasteiger partial charge on any atom is 0.337 e. The molecule has 0 aliphatic heterocycles. The van der Waals surface area contributed by atoms with Gasteiger partial charge in [-0.05, 0) is 30.7 Å². The Hall–Kier alpha value is -3.41. The zero-order valence-electron chi connectivity index (χ0n) is 13.9. The van der Waals surface area contributed by atoms with Crippen molar-refractivity contribution in [2.75, 3.05) is 7.11 Å². The van der Waals surface area contributed by atoms with Crippen LogP contribution in [0.1, 0.15) is 15.9 Å². The zero-order chi connectivity index (χ0) is 17.4. The maximum absolute atomic E-state index is 11.6. The fourth-order valence-electron chi connectivity index (χ4n) is 2.76. The van der Waals surface area contributed by atoms with Crippen LogP contribution in [-0.4, -0.2) is 32.8 Å². The van der Waals surface area contributed by atoms with E-state index in [-0.39, 0.29) is 5.97 Å². The van der Waals surface area contributed by atoms with Crippen LogP contribution in [-0.2, 0) is 4.74 Å². The van der Waals surface area contributed by atoms with Crippen molar-refractivity contribution >= 4 is 17.0 Å². The van der Waals surface area contributed by atoms with Gasteiger partial charge < -0.3 is 4.74 Å². The van der Waals surface area contributed by atoms with Crippen LogP contribution in [0.2, 0.25) is 0 Å². The predicted octanol–water partition coefficient (Wildman–Crippen LogP) is 3.51. The van der Waals surface area contributed by atoms with E-state index in [1.807, 2.05) is 16.7 Å². The van der Waals surface area contributed by atoms with Crippen LogP contribution >= 0.6 is 0 Å². The number of carbonyl (C=O) groups is 1. The van der Waals surface area contributed by atoms with Gasteiger partial charge >= 0.3 is 5.97 Å². The molecule has 2 heterocycles. The number of methoxy groups -OCH3 is 1. The molecule has 2 aromatic heterocycles. The molecule has 124 valence electrons. The molecule has 4 aromatic rings. The average Bonchev–Trinajstić information content (AvgIpc) is 3.27. The molecule has 0 aliphatic rings. The van der Waals surface area contributed by atoms with Gasteiger partial charge in [0.15, 0.2) is 5.82 Å². The maximum atomic E-state index is 11.6. The van der Waals surface area contributed by atoms with E-state index >= 15 is 0 Å². The number of aromatic amines is 1. The van der Waals surface area contributed by atoms with E-state index in [2.05, 4.69) is 46.4 Å². The summed E-state index contributed by atoms with van der Waals surface area (Å²) < 4.78 is 6.63. The standard InChI is InChI=1S/C19H16N4O2/c1-12-3-5-13(6-4-12)15-10-18(22-21-15)23-11-20-16-9-14(19(24)25-2)7-8-17(16)23/h3-11H,1-2H3,(H,21,22). The summed E-state index contributed by atoms with van der Waals surface area (Å²) >= 11 is 0. The third-order valence-corrected chi connectivity index (χ3v) is 4.14. The Labute approximate surface area is 144 Å². The second kappa shape index (κ2) is 5.90. The van der Waals surface area contributed by atoms with E-state index in [1.54, 1.807) is 18.5 Å². The largest absolute Gasteiger partial charge is 0.465 e. The Morgan fingerprint density at radius 3 is 2.68 bits per heavy atom. The van der Waals surface area contributed by atoms with Crippen molar-refractivity contribution in [2.24, 2.45) is 0 Å². The highest BCUT2D eigenvalue weighted by Gasteiger charge is 2.12. The Bertz CT molecular complexity index is 1060. The topological polar surface area (TPSA) is 72.8 Å². The number of hydrogen-bond donors (Lipinski definition) is 1. The lowest BCUT2D eigenvalue weighted by atomic mass is 10.1. The van der Waals surface area contributed by atoms with E-state index < -0.39 is 0 Å². The van der Waals surface area contributed by atoms with Gasteiger partial charge in [-0.15, -0.1) is 0 Å². The molecule has 0 spiro atoms. The second-order valence-corrected chi connectivity index (χ2v) is 5.82. The number of imidazole rings is 1. The summed E-state index contributed by atoms with van der Waals surface area (Å²) in [6, 6.07) is 15.5. The summed E-state index contributed by atoms with van der Waals surface area (Å²) in [4.78, 5) is 16.0. The van der Waals surface area contributed by atoms with Gasteiger partial charge in [0.05, 0.1) is 29.4 Å². The van der Waals surface area contributed by atoms with Gasteiger partial charge in [-0.3, -0.25) is 9.67 Å². The number of aromatic nitrogens is 4. The summed E-state index contributed by atoms with van der Waals surface area (Å²) in [5.41, 5.74) is 5.27. The summed E-state index contributed by atoms with van der Waals surface area (Å²) in [6.45, 7) is 2.06. The minimum atomic E-state index is -0.377. The molecule has 0 saturated carbocycles. The number of esters is 1. The molecular formula is C19H16N4O2. The molecule has 0 fully saturated rings. The van der Waals surface area contributed by atoms with Crippen LogP contribution in [0.15, 0.2) is 54.9 Å². The smallest absolute Gasteiger partial charge is 0.337 e. The minimum Gasteiger partial charge on any atom is -0.465 e. The fourth-order valence-corrected chi connectivity index (χ4v) is 2.76. The highest BCUT2D eigenvalue weighted by Crippen LogP contribution is 2.23. The number of benzene rings is 2. The van der Waals surface area contributed by atoms with Crippen molar-refractivity contribution < 1.29 is 9.53 Å². The number of carbonyl (C=O) groups excluding carboxylic acids is 1. The number of hydrogen-bond acceptors (Lipinski definition) is 4. The molecule has 1 N–H and O–H groups in total. The first-order chi connectivity index (χ1) is 12.2. The number of aryl methyl sites for hydroxylation is 1. The number of nitrogens with zero attached hydrogens (tertiary/aromatic N) is 3. The van der Waals surface area contributed by atoms with Crippen molar-refractivity contribution in [2.45, 2.75) is 6.92 Å². The lowest BCUT2D eigenvalue weighted by Crippen LogP contribution is -2.00. The molecule has 0 amide bonds.